The average molecular weight is 191 g/mol. The molecule has 0 saturated heterocycles. The van der Waals surface area contributed by atoms with Crippen LogP contribution in [0.1, 0.15) is 39.0 Å². The molecule has 2 saturated carbocycles. The molecule has 4 rings (SSSR count). The Labute approximate surface area is 84.8 Å². The van der Waals surface area contributed by atoms with Crippen molar-refractivity contribution in [3.05, 3.63) is 11.6 Å². The minimum Gasteiger partial charge on any atom is -0.351 e. The zero-order valence-corrected chi connectivity index (χ0v) is 8.68. The largest absolute Gasteiger partial charge is 0.351 e. The normalized spacial score (nSPS) is 43.6. The van der Waals surface area contributed by atoms with Crippen LogP contribution in [0.25, 0.3) is 0 Å². The summed E-state index contributed by atoms with van der Waals surface area (Å²) in [6.07, 6.45) is 8.67. The van der Waals surface area contributed by atoms with E-state index in [1.54, 1.807) is 12.5 Å². The molecule has 4 aliphatic carbocycles. The highest BCUT2D eigenvalue weighted by atomic mass is 16.1. The van der Waals surface area contributed by atoms with Crippen LogP contribution >= 0.6 is 0 Å². The Balaban J connectivity index is 1.90. The van der Waals surface area contributed by atoms with Gasteiger partial charge in [0.1, 0.15) is 0 Å². The smallest absolute Gasteiger partial charge is 0.217 e. The highest BCUT2D eigenvalue weighted by molar-refractivity contribution is 5.74. The van der Waals surface area contributed by atoms with Gasteiger partial charge in [-0.15, -0.1) is 0 Å². The van der Waals surface area contributed by atoms with Crippen LogP contribution in [0.4, 0.5) is 0 Å². The van der Waals surface area contributed by atoms with E-state index in [9.17, 15) is 4.79 Å². The molecule has 0 aromatic rings. The third-order valence-electron chi connectivity index (χ3n) is 4.00. The van der Waals surface area contributed by atoms with Crippen molar-refractivity contribution in [3.8, 4) is 0 Å². The predicted octanol–water partition coefficient (Wildman–Crippen LogP) is 2.01. The molecule has 0 spiro atoms. The fraction of sp³-hybridized carbons (Fsp3) is 0.750. The first-order valence-corrected chi connectivity index (χ1v) is 5.64. The number of hydrogen-bond acceptors (Lipinski definition) is 1. The number of allylic oxidation sites excluding steroid dienone is 1. The van der Waals surface area contributed by atoms with Crippen LogP contribution in [0.3, 0.4) is 0 Å². The minimum atomic E-state index is 0.146. The van der Waals surface area contributed by atoms with E-state index in [2.05, 4.69) is 11.4 Å². The van der Waals surface area contributed by atoms with Crippen LogP contribution in [-0.2, 0) is 4.79 Å². The Morgan fingerprint density at radius 2 is 2.43 bits per heavy atom. The summed E-state index contributed by atoms with van der Waals surface area (Å²) < 4.78 is 0. The second-order valence-electron chi connectivity index (χ2n) is 5.44. The SMILES string of the molecule is CC(=O)NC12CC3=CC(CC(C3)C1)C2. The molecule has 4 aliphatic rings. The van der Waals surface area contributed by atoms with Crippen LogP contribution in [0, 0.1) is 11.8 Å². The summed E-state index contributed by atoms with van der Waals surface area (Å²) in [5.41, 5.74) is 1.76. The van der Waals surface area contributed by atoms with Gasteiger partial charge in [0.15, 0.2) is 0 Å². The maximum absolute atomic E-state index is 11.2. The molecule has 2 fully saturated rings. The number of carbonyl (C=O) groups is 1. The van der Waals surface area contributed by atoms with Gasteiger partial charge in [-0.25, -0.2) is 0 Å². The molecule has 0 aromatic carbocycles. The van der Waals surface area contributed by atoms with Crippen LogP contribution in [0.2, 0.25) is 0 Å². The van der Waals surface area contributed by atoms with E-state index >= 15 is 0 Å². The van der Waals surface area contributed by atoms with Crippen LogP contribution < -0.4 is 5.32 Å². The quantitative estimate of drug-likeness (QED) is 0.631. The standard InChI is InChI=1S/C12H17NO/c1-8(14)13-12-5-9-2-10(6-12)4-11(3-9)7-12/h2,9,11H,3-7H2,1H3,(H,13,14). The number of carbonyl (C=O) groups excluding carboxylic acids is 1. The second-order valence-corrected chi connectivity index (χ2v) is 5.44. The van der Waals surface area contributed by atoms with Crippen molar-refractivity contribution >= 4 is 5.91 Å². The van der Waals surface area contributed by atoms with Gasteiger partial charge in [0.25, 0.3) is 0 Å². The third kappa shape index (κ3) is 1.20. The predicted molar refractivity (Wildman–Crippen MR) is 54.7 cm³/mol. The van der Waals surface area contributed by atoms with E-state index in [0.29, 0.717) is 0 Å². The number of nitrogens with one attached hydrogen (secondary N) is 1. The Kier molecular flexibility index (Phi) is 1.59. The van der Waals surface area contributed by atoms with Crippen molar-refractivity contribution in [1.29, 1.82) is 0 Å². The summed E-state index contributed by atoms with van der Waals surface area (Å²) in [5, 5.41) is 3.21. The van der Waals surface area contributed by atoms with Crippen LogP contribution in [-0.4, -0.2) is 11.4 Å². The first-order chi connectivity index (χ1) is 6.65. The van der Waals surface area contributed by atoms with Gasteiger partial charge in [0.2, 0.25) is 5.91 Å². The highest BCUT2D eigenvalue weighted by Crippen LogP contribution is 2.52. The molecule has 0 radical (unpaired) electrons. The Morgan fingerprint density at radius 1 is 1.57 bits per heavy atom. The molecule has 76 valence electrons. The molecule has 2 heteroatoms. The zero-order valence-electron chi connectivity index (χ0n) is 8.68. The van der Waals surface area contributed by atoms with Crippen molar-refractivity contribution in [2.45, 2.75) is 44.6 Å². The molecule has 4 bridgehead atoms. The van der Waals surface area contributed by atoms with Gasteiger partial charge in [-0.3, -0.25) is 4.79 Å². The lowest BCUT2D eigenvalue weighted by Crippen LogP contribution is -2.56. The van der Waals surface area contributed by atoms with E-state index in [1.807, 2.05) is 0 Å². The fourth-order valence-corrected chi connectivity index (χ4v) is 4.02. The fourth-order valence-electron chi connectivity index (χ4n) is 4.02. The summed E-state index contributed by atoms with van der Waals surface area (Å²) in [7, 11) is 0. The van der Waals surface area contributed by atoms with Crippen LogP contribution in [0.15, 0.2) is 11.6 Å². The maximum atomic E-state index is 11.2. The lowest BCUT2D eigenvalue weighted by atomic mass is 9.57. The molecular weight excluding hydrogens is 174 g/mol. The van der Waals surface area contributed by atoms with Gasteiger partial charge in [-0.05, 0) is 43.9 Å². The maximum Gasteiger partial charge on any atom is 0.217 e. The Morgan fingerprint density at radius 3 is 3.07 bits per heavy atom. The number of hydrogen-bond donors (Lipinski definition) is 1. The summed E-state index contributed by atoms with van der Waals surface area (Å²) in [6, 6.07) is 0. The summed E-state index contributed by atoms with van der Waals surface area (Å²) in [5.74, 6) is 1.76. The number of amides is 1. The highest BCUT2D eigenvalue weighted by Gasteiger charge is 2.47. The zero-order chi connectivity index (χ0) is 9.76. The molecular formula is C12H17NO. The van der Waals surface area contributed by atoms with E-state index < -0.39 is 0 Å². The molecule has 1 amide bonds. The van der Waals surface area contributed by atoms with Gasteiger partial charge < -0.3 is 5.32 Å². The van der Waals surface area contributed by atoms with Crippen LogP contribution in [0.5, 0.6) is 0 Å². The van der Waals surface area contributed by atoms with Gasteiger partial charge in [0.05, 0.1) is 0 Å². The van der Waals surface area contributed by atoms with Crippen molar-refractivity contribution in [2.24, 2.45) is 11.8 Å². The first kappa shape index (κ1) is 8.51. The lowest BCUT2D eigenvalue weighted by Gasteiger charge is -2.52. The number of rotatable bonds is 1. The van der Waals surface area contributed by atoms with Gasteiger partial charge >= 0.3 is 0 Å². The van der Waals surface area contributed by atoms with Gasteiger partial charge in [-0.1, -0.05) is 11.6 Å². The van der Waals surface area contributed by atoms with E-state index in [1.165, 1.54) is 25.7 Å². The van der Waals surface area contributed by atoms with Crippen molar-refractivity contribution in [2.75, 3.05) is 0 Å². The molecule has 0 aromatic heterocycles. The Bertz CT molecular complexity index is 320. The van der Waals surface area contributed by atoms with E-state index in [0.717, 1.165) is 18.3 Å². The monoisotopic (exact) mass is 191 g/mol. The van der Waals surface area contributed by atoms with Crippen molar-refractivity contribution < 1.29 is 4.79 Å². The van der Waals surface area contributed by atoms with Gasteiger partial charge in [0, 0.05) is 12.5 Å². The summed E-state index contributed by atoms with van der Waals surface area (Å²) >= 11 is 0. The van der Waals surface area contributed by atoms with Gasteiger partial charge in [-0.2, -0.15) is 0 Å². The third-order valence-corrected chi connectivity index (χ3v) is 4.00. The topological polar surface area (TPSA) is 29.1 Å². The molecule has 3 unspecified atom stereocenters. The summed E-state index contributed by atoms with van der Waals surface area (Å²) in [6.45, 7) is 1.65. The Hall–Kier alpha value is -0.790. The molecule has 1 N–H and O–H groups in total. The van der Waals surface area contributed by atoms with E-state index in [-0.39, 0.29) is 11.4 Å². The molecule has 0 aliphatic heterocycles. The second kappa shape index (κ2) is 2.62. The van der Waals surface area contributed by atoms with Crippen molar-refractivity contribution in [3.63, 3.8) is 0 Å². The van der Waals surface area contributed by atoms with Crippen molar-refractivity contribution in [1.82, 2.24) is 5.32 Å². The molecule has 0 heterocycles. The summed E-state index contributed by atoms with van der Waals surface area (Å²) in [4.78, 5) is 11.2. The lowest BCUT2D eigenvalue weighted by molar-refractivity contribution is -0.122. The average Bonchev–Trinajstić information content (AvgIpc) is 1.96. The molecule has 2 nitrogen and oxygen atoms in total. The molecule has 3 atom stereocenters. The minimum absolute atomic E-state index is 0.146. The first-order valence-electron chi connectivity index (χ1n) is 5.64. The molecule has 14 heavy (non-hydrogen) atoms. The van der Waals surface area contributed by atoms with E-state index in [4.69, 9.17) is 0 Å².